The number of carbonyl (C=O) groups is 2. The number of hydrogen-bond acceptors (Lipinski definition) is 4. The van der Waals surface area contributed by atoms with E-state index in [4.69, 9.17) is 16.0 Å². The van der Waals surface area contributed by atoms with Crippen LogP contribution >= 0.6 is 11.6 Å². The highest BCUT2D eigenvalue weighted by Gasteiger charge is 2.23. The van der Waals surface area contributed by atoms with Crippen LogP contribution in [-0.2, 0) is 26.1 Å². The lowest BCUT2D eigenvalue weighted by Crippen LogP contribution is -2.51. The zero-order chi connectivity index (χ0) is 20.5. The number of rotatable bonds is 4. The van der Waals surface area contributed by atoms with Crippen LogP contribution in [0.25, 0.3) is 21.9 Å². The Bertz CT molecular complexity index is 1120. The van der Waals surface area contributed by atoms with Gasteiger partial charge in [0.2, 0.25) is 11.8 Å². The van der Waals surface area contributed by atoms with Crippen LogP contribution in [0, 0.1) is 0 Å². The van der Waals surface area contributed by atoms with Gasteiger partial charge in [-0.3, -0.25) is 13.8 Å². The Hall–Kier alpha value is -2.38. The SMILES string of the molecule is CC(=O)N1CCN(C(=O)CS(=O)Cc2ccc3oc4ccc(Cl)cc4c3c2)CC1. The summed E-state index contributed by atoms with van der Waals surface area (Å²) in [5, 5.41) is 2.47. The molecule has 152 valence electrons. The van der Waals surface area contributed by atoms with E-state index in [1.165, 1.54) is 6.92 Å². The average molecular weight is 433 g/mol. The Morgan fingerprint density at radius 3 is 2.31 bits per heavy atom. The Balaban J connectivity index is 1.42. The first-order valence-electron chi connectivity index (χ1n) is 9.39. The fraction of sp³-hybridized carbons (Fsp3) is 0.333. The molecule has 0 radical (unpaired) electrons. The minimum atomic E-state index is -1.32. The molecule has 2 amide bonds. The molecule has 0 N–H and O–H groups in total. The summed E-state index contributed by atoms with van der Waals surface area (Å²) in [5.74, 6) is 0.163. The number of halogens is 1. The molecule has 29 heavy (non-hydrogen) atoms. The van der Waals surface area contributed by atoms with Gasteiger partial charge in [-0.2, -0.15) is 0 Å². The fourth-order valence-corrected chi connectivity index (χ4v) is 4.91. The number of benzene rings is 2. The minimum absolute atomic E-state index is 0.0177. The number of nitrogens with zero attached hydrogens (tertiary/aromatic N) is 2. The summed E-state index contributed by atoms with van der Waals surface area (Å²) in [5.41, 5.74) is 2.38. The zero-order valence-electron chi connectivity index (χ0n) is 16.0. The van der Waals surface area contributed by atoms with E-state index >= 15 is 0 Å². The number of fused-ring (bicyclic) bond motifs is 3. The van der Waals surface area contributed by atoms with Crippen molar-refractivity contribution in [3.8, 4) is 0 Å². The van der Waals surface area contributed by atoms with Gasteiger partial charge in [-0.25, -0.2) is 0 Å². The molecule has 6 nitrogen and oxygen atoms in total. The molecule has 3 aromatic rings. The molecule has 4 rings (SSSR count). The van der Waals surface area contributed by atoms with Gasteiger partial charge in [-0.1, -0.05) is 17.7 Å². The first kappa shape index (κ1) is 19.9. The van der Waals surface area contributed by atoms with Crippen LogP contribution in [0.1, 0.15) is 12.5 Å². The van der Waals surface area contributed by atoms with Crippen LogP contribution in [0.4, 0.5) is 0 Å². The first-order valence-corrected chi connectivity index (χ1v) is 11.3. The topological polar surface area (TPSA) is 70.8 Å². The van der Waals surface area contributed by atoms with Crippen molar-refractivity contribution in [2.45, 2.75) is 12.7 Å². The van der Waals surface area contributed by atoms with E-state index in [2.05, 4.69) is 0 Å². The molecule has 2 heterocycles. The van der Waals surface area contributed by atoms with Gasteiger partial charge >= 0.3 is 0 Å². The number of amides is 2. The van der Waals surface area contributed by atoms with Gasteiger partial charge in [-0.15, -0.1) is 0 Å². The molecular formula is C21H21ClN2O4S. The molecule has 1 fully saturated rings. The van der Waals surface area contributed by atoms with E-state index in [0.29, 0.717) is 37.0 Å². The second-order valence-electron chi connectivity index (χ2n) is 7.19. The van der Waals surface area contributed by atoms with Crippen LogP contribution in [0.5, 0.6) is 0 Å². The lowest BCUT2D eigenvalue weighted by Gasteiger charge is -2.34. The van der Waals surface area contributed by atoms with Crippen LogP contribution in [-0.4, -0.2) is 57.8 Å². The van der Waals surface area contributed by atoms with E-state index in [1.807, 2.05) is 30.3 Å². The molecule has 1 aliphatic heterocycles. The first-order chi connectivity index (χ1) is 13.9. The summed E-state index contributed by atoms with van der Waals surface area (Å²) in [6.07, 6.45) is 0. The van der Waals surface area contributed by atoms with Gasteiger partial charge in [0.1, 0.15) is 16.9 Å². The minimum Gasteiger partial charge on any atom is -0.456 e. The van der Waals surface area contributed by atoms with Crippen LogP contribution in [0.2, 0.25) is 5.02 Å². The maximum absolute atomic E-state index is 12.6. The zero-order valence-corrected chi connectivity index (χ0v) is 17.6. The molecule has 0 saturated carbocycles. The van der Waals surface area contributed by atoms with Gasteiger partial charge in [0, 0.05) is 65.5 Å². The van der Waals surface area contributed by atoms with Gasteiger partial charge in [0.05, 0.1) is 0 Å². The number of hydrogen-bond donors (Lipinski definition) is 0. The van der Waals surface area contributed by atoms with Crippen molar-refractivity contribution in [2.24, 2.45) is 0 Å². The second-order valence-corrected chi connectivity index (χ2v) is 9.08. The smallest absolute Gasteiger partial charge is 0.235 e. The number of piperazine rings is 1. The molecule has 0 spiro atoms. The average Bonchev–Trinajstić information content (AvgIpc) is 3.05. The van der Waals surface area contributed by atoms with Crippen LogP contribution in [0.15, 0.2) is 40.8 Å². The third-order valence-electron chi connectivity index (χ3n) is 5.19. The largest absolute Gasteiger partial charge is 0.456 e. The van der Waals surface area contributed by atoms with E-state index in [1.54, 1.807) is 15.9 Å². The molecular weight excluding hydrogens is 412 g/mol. The Kier molecular flexibility index (Phi) is 5.61. The highest BCUT2D eigenvalue weighted by Crippen LogP contribution is 2.31. The molecule has 1 saturated heterocycles. The molecule has 2 aromatic carbocycles. The molecule has 1 aliphatic rings. The van der Waals surface area contributed by atoms with Gasteiger partial charge < -0.3 is 14.2 Å². The number of furan rings is 1. The van der Waals surface area contributed by atoms with Gasteiger partial charge in [0.25, 0.3) is 0 Å². The predicted molar refractivity (Wildman–Crippen MR) is 114 cm³/mol. The molecule has 1 aromatic heterocycles. The summed E-state index contributed by atoms with van der Waals surface area (Å²) < 4.78 is 18.4. The van der Waals surface area contributed by atoms with Crippen molar-refractivity contribution in [3.63, 3.8) is 0 Å². The van der Waals surface area contributed by atoms with E-state index < -0.39 is 10.8 Å². The van der Waals surface area contributed by atoms with Crippen molar-refractivity contribution >= 4 is 56.2 Å². The summed E-state index contributed by atoms with van der Waals surface area (Å²) in [7, 11) is -1.32. The van der Waals surface area contributed by atoms with E-state index in [0.717, 1.165) is 27.5 Å². The highest BCUT2D eigenvalue weighted by molar-refractivity contribution is 7.84. The van der Waals surface area contributed by atoms with Gasteiger partial charge in [0.15, 0.2) is 0 Å². The van der Waals surface area contributed by atoms with Crippen molar-refractivity contribution in [1.82, 2.24) is 9.80 Å². The van der Waals surface area contributed by atoms with Crippen LogP contribution < -0.4 is 0 Å². The standard InChI is InChI=1S/C21H21ClN2O4S/c1-14(25)23-6-8-24(9-7-23)21(26)13-29(27)12-15-2-4-19-17(10-15)18-11-16(22)3-5-20(18)28-19/h2-5,10-11H,6-9,12-13H2,1H3. The number of carbonyl (C=O) groups excluding carboxylic acids is 2. The Morgan fingerprint density at radius 2 is 1.62 bits per heavy atom. The predicted octanol–water partition coefficient (Wildman–Crippen LogP) is 3.18. The highest BCUT2D eigenvalue weighted by atomic mass is 35.5. The molecule has 1 unspecified atom stereocenters. The maximum Gasteiger partial charge on any atom is 0.235 e. The van der Waals surface area contributed by atoms with Crippen molar-refractivity contribution in [2.75, 3.05) is 31.9 Å². The Morgan fingerprint density at radius 1 is 1.00 bits per heavy atom. The second kappa shape index (κ2) is 8.16. The van der Waals surface area contributed by atoms with Crippen molar-refractivity contribution in [3.05, 3.63) is 47.0 Å². The van der Waals surface area contributed by atoms with Crippen molar-refractivity contribution < 1.29 is 18.2 Å². The van der Waals surface area contributed by atoms with E-state index in [9.17, 15) is 13.8 Å². The Labute approximate surface area is 175 Å². The molecule has 8 heteroatoms. The third kappa shape index (κ3) is 4.31. The lowest BCUT2D eigenvalue weighted by atomic mass is 10.1. The monoisotopic (exact) mass is 432 g/mol. The molecule has 0 aliphatic carbocycles. The quantitative estimate of drug-likeness (QED) is 0.634. The van der Waals surface area contributed by atoms with E-state index in [-0.39, 0.29) is 17.6 Å². The van der Waals surface area contributed by atoms with Crippen LogP contribution in [0.3, 0.4) is 0 Å². The fourth-order valence-electron chi connectivity index (χ4n) is 3.62. The normalized spacial score (nSPS) is 15.8. The maximum atomic E-state index is 12.6. The van der Waals surface area contributed by atoms with Crippen molar-refractivity contribution in [1.29, 1.82) is 0 Å². The van der Waals surface area contributed by atoms with Gasteiger partial charge in [-0.05, 0) is 35.9 Å². The lowest BCUT2D eigenvalue weighted by molar-refractivity contribution is -0.136. The summed E-state index contributed by atoms with van der Waals surface area (Å²) >= 11 is 6.10. The molecule has 1 atom stereocenters. The molecule has 0 bridgehead atoms. The summed E-state index contributed by atoms with van der Waals surface area (Å²) in [6, 6.07) is 11.2. The third-order valence-corrected chi connectivity index (χ3v) is 6.64. The summed E-state index contributed by atoms with van der Waals surface area (Å²) in [4.78, 5) is 27.3. The summed E-state index contributed by atoms with van der Waals surface area (Å²) in [6.45, 7) is 3.56.